The Bertz CT molecular complexity index is 1020. The monoisotopic (exact) mass is 395 g/mol. The van der Waals surface area contributed by atoms with Crippen molar-refractivity contribution in [1.29, 1.82) is 0 Å². The SMILES string of the molecule is Cc1c(OC2CCC(O)(c3ccc(F)cc3)CC2)ccn2c(CC3CC3)nnc12. The summed E-state index contributed by atoms with van der Waals surface area (Å²) in [5.41, 5.74) is 1.73. The molecule has 5 nitrogen and oxygen atoms in total. The third-order valence-corrected chi connectivity index (χ3v) is 6.45. The molecule has 3 aromatic rings. The number of pyridine rings is 1. The Balaban J connectivity index is 1.28. The number of fused-ring (bicyclic) bond motifs is 1. The van der Waals surface area contributed by atoms with E-state index in [0.717, 1.165) is 53.5 Å². The summed E-state index contributed by atoms with van der Waals surface area (Å²) in [6.45, 7) is 2.03. The molecule has 2 saturated carbocycles. The lowest BCUT2D eigenvalue weighted by molar-refractivity contribution is -0.0304. The predicted octanol–water partition coefficient (Wildman–Crippen LogP) is 4.34. The van der Waals surface area contributed by atoms with Crippen LogP contribution in [0.25, 0.3) is 5.65 Å². The lowest BCUT2D eigenvalue weighted by atomic mass is 9.78. The standard InChI is InChI=1S/C23H26FN3O2/c1-15-20(10-13-27-21(14-16-2-3-16)25-26-22(15)27)29-19-8-11-23(28,12-9-19)17-4-6-18(24)7-5-17/h4-7,10,13,16,19,28H,2-3,8-9,11-12,14H2,1H3. The molecule has 0 aliphatic heterocycles. The van der Waals surface area contributed by atoms with Crippen LogP contribution in [-0.2, 0) is 12.0 Å². The van der Waals surface area contributed by atoms with E-state index in [2.05, 4.69) is 14.6 Å². The quantitative estimate of drug-likeness (QED) is 0.698. The van der Waals surface area contributed by atoms with Crippen LogP contribution < -0.4 is 4.74 Å². The molecule has 2 aromatic heterocycles. The molecular weight excluding hydrogens is 369 g/mol. The Kier molecular flexibility index (Phi) is 4.54. The van der Waals surface area contributed by atoms with Gasteiger partial charge in [-0.05, 0) is 75.1 Å². The number of aliphatic hydroxyl groups is 1. The Labute approximate surface area is 169 Å². The molecule has 0 bridgehead atoms. The molecule has 0 spiro atoms. The molecule has 0 unspecified atom stereocenters. The van der Waals surface area contributed by atoms with Crippen molar-refractivity contribution in [1.82, 2.24) is 14.6 Å². The van der Waals surface area contributed by atoms with Crippen molar-refractivity contribution in [2.75, 3.05) is 0 Å². The van der Waals surface area contributed by atoms with Crippen molar-refractivity contribution >= 4 is 5.65 Å². The lowest BCUT2D eigenvalue weighted by Gasteiger charge is -2.36. The summed E-state index contributed by atoms with van der Waals surface area (Å²) in [6.07, 6.45) is 8.32. The number of hydrogen-bond donors (Lipinski definition) is 1. The van der Waals surface area contributed by atoms with Gasteiger partial charge in [0, 0.05) is 18.2 Å². The van der Waals surface area contributed by atoms with Gasteiger partial charge in [-0.2, -0.15) is 0 Å². The second-order valence-electron chi connectivity index (χ2n) is 8.62. The minimum atomic E-state index is -0.905. The summed E-state index contributed by atoms with van der Waals surface area (Å²) in [7, 11) is 0. The van der Waals surface area contributed by atoms with E-state index in [4.69, 9.17) is 4.74 Å². The molecule has 0 saturated heterocycles. The van der Waals surface area contributed by atoms with E-state index >= 15 is 0 Å². The van der Waals surface area contributed by atoms with Crippen LogP contribution in [0.4, 0.5) is 4.39 Å². The first-order chi connectivity index (χ1) is 14.0. The maximum Gasteiger partial charge on any atom is 0.167 e. The van der Waals surface area contributed by atoms with Crippen molar-refractivity contribution in [3.63, 3.8) is 0 Å². The first-order valence-electron chi connectivity index (χ1n) is 10.5. The summed E-state index contributed by atoms with van der Waals surface area (Å²) < 4.78 is 21.6. The van der Waals surface area contributed by atoms with Crippen molar-refractivity contribution in [3.05, 3.63) is 59.3 Å². The summed E-state index contributed by atoms with van der Waals surface area (Å²) in [6, 6.07) is 8.18. The van der Waals surface area contributed by atoms with Crippen LogP contribution in [0, 0.1) is 18.7 Å². The third kappa shape index (κ3) is 3.62. The highest BCUT2D eigenvalue weighted by molar-refractivity contribution is 5.54. The van der Waals surface area contributed by atoms with E-state index in [1.165, 1.54) is 25.0 Å². The zero-order valence-corrected chi connectivity index (χ0v) is 16.6. The number of aryl methyl sites for hydroxylation is 1. The molecule has 2 heterocycles. The zero-order chi connectivity index (χ0) is 20.0. The molecule has 6 heteroatoms. The Morgan fingerprint density at radius 1 is 1.10 bits per heavy atom. The minimum Gasteiger partial charge on any atom is -0.490 e. The maximum atomic E-state index is 13.2. The van der Waals surface area contributed by atoms with Gasteiger partial charge in [-0.3, -0.25) is 4.40 Å². The van der Waals surface area contributed by atoms with Gasteiger partial charge in [0.1, 0.15) is 17.4 Å². The summed E-state index contributed by atoms with van der Waals surface area (Å²) >= 11 is 0. The van der Waals surface area contributed by atoms with Crippen LogP contribution in [0.2, 0.25) is 0 Å². The summed E-state index contributed by atoms with van der Waals surface area (Å²) in [4.78, 5) is 0. The molecule has 29 heavy (non-hydrogen) atoms. The molecule has 0 amide bonds. The van der Waals surface area contributed by atoms with Crippen LogP contribution in [0.3, 0.4) is 0 Å². The van der Waals surface area contributed by atoms with Crippen LogP contribution in [-0.4, -0.2) is 25.8 Å². The normalized spacial score (nSPS) is 24.7. The van der Waals surface area contributed by atoms with E-state index in [0.29, 0.717) is 12.8 Å². The van der Waals surface area contributed by atoms with Crippen molar-refractivity contribution < 1.29 is 14.2 Å². The second-order valence-corrected chi connectivity index (χ2v) is 8.62. The molecule has 1 aromatic carbocycles. The number of halogens is 1. The van der Waals surface area contributed by atoms with Crippen molar-refractivity contribution in [2.24, 2.45) is 5.92 Å². The average Bonchev–Trinajstić information content (AvgIpc) is 3.44. The molecule has 5 rings (SSSR count). The Hall–Kier alpha value is -2.47. The van der Waals surface area contributed by atoms with Gasteiger partial charge in [0.2, 0.25) is 0 Å². The molecule has 0 radical (unpaired) electrons. The minimum absolute atomic E-state index is 0.0470. The van der Waals surface area contributed by atoms with Gasteiger partial charge in [-0.25, -0.2) is 4.39 Å². The van der Waals surface area contributed by atoms with Gasteiger partial charge < -0.3 is 9.84 Å². The highest BCUT2D eigenvalue weighted by Crippen LogP contribution is 2.39. The van der Waals surface area contributed by atoms with Crippen LogP contribution in [0.1, 0.15) is 55.5 Å². The van der Waals surface area contributed by atoms with Crippen LogP contribution >= 0.6 is 0 Å². The Morgan fingerprint density at radius 3 is 2.52 bits per heavy atom. The van der Waals surface area contributed by atoms with E-state index in [1.807, 2.05) is 19.2 Å². The van der Waals surface area contributed by atoms with Gasteiger partial charge in [-0.15, -0.1) is 10.2 Å². The first-order valence-corrected chi connectivity index (χ1v) is 10.5. The number of nitrogens with zero attached hydrogens (tertiary/aromatic N) is 3. The van der Waals surface area contributed by atoms with E-state index in [1.54, 1.807) is 12.1 Å². The Morgan fingerprint density at radius 2 is 1.83 bits per heavy atom. The van der Waals surface area contributed by atoms with Gasteiger partial charge in [0.15, 0.2) is 5.65 Å². The molecular formula is C23H26FN3O2. The largest absolute Gasteiger partial charge is 0.490 e. The molecule has 0 atom stereocenters. The highest BCUT2D eigenvalue weighted by Gasteiger charge is 2.35. The smallest absolute Gasteiger partial charge is 0.167 e. The number of rotatable bonds is 5. The van der Waals surface area contributed by atoms with E-state index in [9.17, 15) is 9.50 Å². The molecule has 2 aliphatic rings. The maximum absolute atomic E-state index is 13.2. The molecule has 1 N–H and O–H groups in total. The van der Waals surface area contributed by atoms with Crippen molar-refractivity contribution in [3.8, 4) is 5.75 Å². The van der Waals surface area contributed by atoms with Gasteiger partial charge in [0.25, 0.3) is 0 Å². The molecule has 2 fully saturated rings. The lowest BCUT2D eigenvalue weighted by Crippen LogP contribution is -2.35. The number of benzene rings is 1. The number of aromatic nitrogens is 3. The van der Waals surface area contributed by atoms with Gasteiger partial charge in [0.05, 0.1) is 11.7 Å². The van der Waals surface area contributed by atoms with E-state index < -0.39 is 5.60 Å². The summed E-state index contributed by atoms with van der Waals surface area (Å²) in [5, 5.41) is 19.8. The molecule has 2 aliphatic carbocycles. The predicted molar refractivity (Wildman–Crippen MR) is 107 cm³/mol. The zero-order valence-electron chi connectivity index (χ0n) is 16.6. The average molecular weight is 395 g/mol. The van der Waals surface area contributed by atoms with Gasteiger partial charge in [-0.1, -0.05) is 12.1 Å². The van der Waals surface area contributed by atoms with Crippen molar-refractivity contribution in [2.45, 2.75) is 63.6 Å². The fraction of sp³-hybridized carbons (Fsp3) is 0.478. The second kappa shape index (κ2) is 7.10. The van der Waals surface area contributed by atoms with Crippen LogP contribution in [0.5, 0.6) is 5.75 Å². The number of hydrogen-bond acceptors (Lipinski definition) is 4. The fourth-order valence-corrected chi connectivity index (χ4v) is 4.38. The highest BCUT2D eigenvalue weighted by atomic mass is 19.1. The fourth-order valence-electron chi connectivity index (χ4n) is 4.38. The third-order valence-electron chi connectivity index (χ3n) is 6.45. The van der Waals surface area contributed by atoms with Crippen LogP contribution in [0.15, 0.2) is 36.5 Å². The van der Waals surface area contributed by atoms with E-state index in [-0.39, 0.29) is 11.9 Å². The topological polar surface area (TPSA) is 59.7 Å². The number of ether oxygens (including phenoxy) is 1. The molecule has 152 valence electrons. The summed E-state index contributed by atoms with van der Waals surface area (Å²) in [5.74, 6) is 2.34. The first kappa shape index (κ1) is 18.6. The van der Waals surface area contributed by atoms with Gasteiger partial charge >= 0.3 is 0 Å².